The zero-order chi connectivity index (χ0) is 14.1. The second-order valence-corrected chi connectivity index (χ2v) is 5.30. The number of carbonyl (C=O) groups is 1. The molecule has 0 spiro atoms. The number of aromatic nitrogens is 2. The van der Waals surface area contributed by atoms with Crippen molar-refractivity contribution in [1.82, 2.24) is 9.55 Å². The van der Waals surface area contributed by atoms with Crippen LogP contribution in [0.2, 0.25) is 0 Å². The molecule has 3 aromatic rings. The first kappa shape index (κ1) is 12.6. The molecule has 3 rings (SSSR count). The minimum absolute atomic E-state index is 0.0178. The largest absolute Gasteiger partial charge is 0.322 e. The van der Waals surface area contributed by atoms with E-state index >= 15 is 0 Å². The van der Waals surface area contributed by atoms with Gasteiger partial charge >= 0.3 is 4.87 Å². The molecule has 1 amide bonds. The molecule has 0 saturated heterocycles. The predicted octanol–water partition coefficient (Wildman–Crippen LogP) is 2.25. The normalized spacial score (nSPS) is 10.7. The van der Waals surface area contributed by atoms with E-state index in [-0.39, 0.29) is 10.8 Å². The molecule has 5 nitrogen and oxygen atoms in total. The molecule has 6 heteroatoms. The number of benzene rings is 1. The Kier molecular flexibility index (Phi) is 3.08. The van der Waals surface area contributed by atoms with Crippen LogP contribution in [0.3, 0.4) is 0 Å². The Morgan fingerprint density at radius 1 is 1.35 bits per heavy atom. The van der Waals surface area contributed by atoms with Crippen LogP contribution in [-0.4, -0.2) is 15.5 Å². The van der Waals surface area contributed by atoms with Crippen LogP contribution >= 0.6 is 11.3 Å². The highest BCUT2D eigenvalue weighted by Crippen LogP contribution is 2.21. The quantitative estimate of drug-likeness (QED) is 0.785. The standard InChI is InChI=1S/C14H11N3O2S/c1-17-11-5-4-10(7-12(11)20-14(17)19)16-13(18)9-3-2-6-15-8-9/h2-8H,1H3,(H,16,18). The number of nitrogens with zero attached hydrogens (tertiary/aromatic N) is 2. The summed E-state index contributed by atoms with van der Waals surface area (Å²) < 4.78 is 2.44. The minimum atomic E-state index is -0.222. The van der Waals surface area contributed by atoms with Crippen molar-refractivity contribution in [3.05, 3.63) is 58.0 Å². The van der Waals surface area contributed by atoms with Gasteiger partial charge in [-0.05, 0) is 30.3 Å². The van der Waals surface area contributed by atoms with Gasteiger partial charge < -0.3 is 9.88 Å². The average molecular weight is 285 g/mol. The summed E-state index contributed by atoms with van der Waals surface area (Å²) >= 11 is 1.16. The van der Waals surface area contributed by atoms with Crippen LogP contribution < -0.4 is 10.2 Å². The van der Waals surface area contributed by atoms with Crippen molar-refractivity contribution >= 4 is 33.1 Å². The SMILES string of the molecule is Cn1c(=O)sc2cc(NC(=O)c3cccnc3)ccc21. The Labute approximate surface area is 118 Å². The molecule has 20 heavy (non-hydrogen) atoms. The second-order valence-electron chi connectivity index (χ2n) is 4.31. The van der Waals surface area contributed by atoms with E-state index in [2.05, 4.69) is 10.3 Å². The molecule has 0 radical (unpaired) electrons. The Bertz CT molecular complexity index is 836. The van der Waals surface area contributed by atoms with Gasteiger partial charge in [0.1, 0.15) is 0 Å². The zero-order valence-electron chi connectivity index (χ0n) is 10.7. The Morgan fingerprint density at radius 3 is 2.95 bits per heavy atom. The lowest BCUT2D eigenvalue weighted by molar-refractivity contribution is 0.102. The number of nitrogens with one attached hydrogen (secondary N) is 1. The lowest BCUT2D eigenvalue weighted by Gasteiger charge is -2.05. The van der Waals surface area contributed by atoms with Crippen LogP contribution in [0.5, 0.6) is 0 Å². The van der Waals surface area contributed by atoms with E-state index in [0.29, 0.717) is 11.3 Å². The topological polar surface area (TPSA) is 64.0 Å². The highest BCUT2D eigenvalue weighted by atomic mass is 32.1. The fraction of sp³-hybridized carbons (Fsp3) is 0.0714. The molecular weight excluding hydrogens is 274 g/mol. The van der Waals surface area contributed by atoms with Gasteiger partial charge in [0.25, 0.3) is 5.91 Å². The lowest BCUT2D eigenvalue weighted by atomic mass is 10.2. The van der Waals surface area contributed by atoms with E-state index in [4.69, 9.17) is 0 Å². The monoisotopic (exact) mass is 285 g/mol. The zero-order valence-corrected chi connectivity index (χ0v) is 11.5. The van der Waals surface area contributed by atoms with Gasteiger partial charge in [-0.15, -0.1) is 0 Å². The third kappa shape index (κ3) is 2.21. The summed E-state index contributed by atoms with van der Waals surface area (Å²) in [7, 11) is 1.73. The van der Waals surface area contributed by atoms with E-state index < -0.39 is 0 Å². The summed E-state index contributed by atoms with van der Waals surface area (Å²) in [6.07, 6.45) is 3.12. The van der Waals surface area contributed by atoms with Gasteiger partial charge in [-0.3, -0.25) is 14.6 Å². The van der Waals surface area contributed by atoms with Crippen molar-refractivity contribution < 1.29 is 4.79 Å². The number of anilines is 1. The van der Waals surface area contributed by atoms with Crippen LogP contribution in [0.4, 0.5) is 5.69 Å². The van der Waals surface area contributed by atoms with Crippen LogP contribution in [0.25, 0.3) is 10.2 Å². The third-order valence-electron chi connectivity index (χ3n) is 2.97. The molecule has 0 aliphatic rings. The maximum atomic E-state index is 12.0. The van der Waals surface area contributed by atoms with Crippen LogP contribution in [0.1, 0.15) is 10.4 Å². The van der Waals surface area contributed by atoms with Gasteiger partial charge in [0, 0.05) is 25.1 Å². The highest BCUT2D eigenvalue weighted by Gasteiger charge is 2.08. The van der Waals surface area contributed by atoms with Gasteiger partial charge in [-0.25, -0.2) is 0 Å². The van der Waals surface area contributed by atoms with Crippen molar-refractivity contribution in [2.24, 2.45) is 7.05 Å². The molecule has 100 valence electrons. The first-order valence-corrected chi connectivity index (χ1v) is 6.78. The minimum Gasteiger partial charge on any atom is -0.322 e. The molecule has 1 aromatic carbocycles. The maximum absolute atomic E-state index is 12.0. The lowest BCUT2D eigenvalue weighted by Crippen LogP contribution is -2.11. The number of thiazole rings is 1. The summed E-state index contributed by atoms with van der Waals surface area (Å²) in [5.41, 5.74) is 2.02. The third-order valence-corrected chi connectivity index (χ3v) is 3.97. The van der Waals surface area contributed by atoms with Gasteiger partial charge in [-0.2, -0.15) is 0 Å². The molecule has 0 unspecified atom stereocenters. The number of rotatable bonds is 2. The van der Waals surface area contributed by atoms with Gasteiger partial charge in [0.15, 0.2) is 0 Å². The van der Waals surface area contributed by atoms with E-state index in [0.717, 1.165) is 21.6 Å². The average Bonchev–Trinajstić information content (AvgIpc) is 2.74. The number of hydrogen-bond donors (Lipinski definition) is 1. The maximum Gasteiger partial charge on any atom is 0.307 e. The number of hydrogen-bond acceptors (Lipinski definition) is 4. The van der Waals surface area contributed by atoms with Crippen LogP contribution in [0.15, 0.2) is 47.5 Å². The first-order valence-electron chi connectivity index (χ1n) is 5.96. The molecule has 0 aliphatic carbocycles. The summed E-state index contributed by atoms with van der Waals surface area (Å²) in [5, 5.41) is 2.80. The number of pyridine rings is 1. The molecule has 0 saturated carbocycles. The van der Waals surface area contributed by atoms with E-state index in [1.54, 1.807) is 42.1 Å². The molecule has 0 fully saturated rings. The fourth-order valence-corrected chi connectivity index (χ4v) is 2.83. The van der Waals surface area contributed by atoms with Crippen LogP contribution in [-0.2, 0) is 7.05 Å². The van der Waals surface area contributed by atoms with Gasteiger partial charge in [-0.1, -0.05) is 11.3 Å². The Hall–Kier alpha value is -2.47. The van der Waals surface area contributed by atoms with Crippen molar-refractivity contribution in [2.45, 2.75) is 0 Å². The fourth-order valence-electron chi connectivity index (χ4n) is 1.91. The van der Waals surface area contributed by atoms with Gasteiger partial charge in [0.2, 0.25) is 0 Å². The molecule has 0 bridgehead atoms. The molecule has 2 aromatic heterocycles. The van der Waals surface area contributed by atoms with E-state index in [1.807, 2.05) is 6.07 Å². The molecule has 1 N–H and O–H groups in total. The number of amides is 1. The van der Waals surface area contributed by atoms with Crippen LogP contribution in [0, 0.1) is 0 Å². The highest BCUT2D eigenvalue weighted by molar-refractivity contribution is 7.16. The molecular formula is C14H11N3O2S. The van der Waals surface area contributed by atoms with Crippen molar-refractivity contribution in [3.63, 3.8) is 0 Å². The Balaban J connectivity index is 1.92. The summed E-state index contributed by atoms with van der Waals surface area (Å²) in [4.78, 5) is 27.5. The summed E-state index contributed by atoms with van der Waals surface area (Å²) in [6, 6.07) is 8.81. The molecule has 0 atom stereocenters. The second kappa shape index (κ2) is 4.90. The Morgan fingerprint density at radius 2 is 2.20 bits per heavy atom. The number of carbonyl (C=O) groups excluding carboxylic acids is 1. The molecule has 2 heterocycles. The first-order chi connectivity index (χ1) is 9.65. The van der Waals surface area contributed by atoms with Gasteiger partial charge in [0.05, 0.1) is 15.8 Å². The van der Waals surface area contributed by atoms with E-state index in [9.17, 15) is 9.59 Å². The smallest absolute Gasteiger partial charge is 0.307 e. The summed E-state index contributed by atoms with van der Waals surface area (Å²) in [5.74, 6) is -0.222. The number of aryl methyl sites for hydroxylation is 1. The van der Waals surface area contributed by atoms with Crippen molar-refractivity contribution in [1.29, 1.82) is 0 Å². The van der Waals surface area contributed by atoms with Crippen molar-refractivity contribution in [3.8, 4) is 0 Å². The van der Waals surface area contributed by atoms with Crippen molar-refractivity contribution in [2.75, 3.05) is 5.32 Å². The molecule has 0 aliphatic heterocycles. The summed E-state index contributed by atoms with van der Waals surface area (Å²) in [6.45, 7) is 0. The van der Waals surface area contributed by atoms with E-state index in [1.165, 1.54) is 6.20 Å². The number of fused-ring (bicyclic) bond motifs is 1. The predicted molar refractivity (Wildman–Crippen MR) is 79.3 cm³/mol.